The lowest BCUT2D eigenvalue weighted by Gasteiger charge is -2.24. The lowest BCUT2D eigenvalue weighted by Crippen LogP contribution is -2.47. The third kappa shape index (κ3) is 6.88. The molecule has 0 bridgehead atoms. The van der Waals surface area contributed by atoms with Crippen LogP contribution in [0.4, 0.5) is 0 Å². The first-order valence-corrected chi connectivity index (χ1v) is 5.27. The molecule has 0 fully saturated rings. The molecule has 0 aliphatic rings. The summed E-state index contributed by atoms with van der Waals surface area (Å²) >= 11 is 0. The van der Waals surface area contributed by atoms with Crippen LogP contribution in [0.25, 0.3) is 0 Å². The summed E-state index contributed by atoms with van der Waals surface area (Å²) in [5, 5.41) is 8.57. The monoisotopic (exact) mass is 248 g/mol. The predicted molar refractivity (Wildman–Crippen MR) is 60.6 cm³/mol. The van der Waals surface area contributed by atoms with Crippen LogP contribution in [0.2, 0.25) is 0 Å². The average Bonchev–Trinajstić information content (AvgIpc) is 2.27. The van der Waals surface area contributed by atoms with Gasteiger partial charge in [0.15, 0.2) is 0 Å². The molecular formula is C10H20N2O5. The Balaban J connectivity index is 4.32. The van der Waals surface area contributed by atoms with Crippen molar-refractivity contribution in [1.29, 1.82) is 0 Å². The van der Waals surface area contributed by atoms with Crippen LogP contribution >= 0.6 is 0 Å². The molecule has 17 heavy (non-hydrogen) atoms. The molecule has 0 heterocycles. The van der Waals surface area contributed by atoms with Crippen molar-refractivity contribution in [2.75, 3.05) is 40.5 Å². The molecule has 0 aliphatic heterocycles. The van der Waals surface area contributed by atoms with Gasteiger partial charge in [-0.1, -0.05) is 0 Å². The SMILES string of the molecule is COCCN(CCOC)C(=O)C(N)CC(=O)O. The molecule has 100 valence electrons. The van der Waals surface area contributed by atoms with Gasteiger partial charge in [0.05, 0.1) is 25.7 Å². The van der Waals surface area contributed by atoms with Crippen molar-refractivity contribution in [3.05, 3.63) is 0 Å². The van der Waals surface area contributed by atoms with Gasteiger partial charge < -0.3 is 25.2 Å². The van der Waals surface area contributed by atoms with Crippen molar-refractivity contribution in [2.24, 2.45) is 5.73 Å². The molecule has 1 atom stereocenters. The number of methoxy groups -OCH3 is 2. The van der Waals surface area contributed by atoms with Gasteiger partial charge in [0.2, 0.25) is 5.91 Å². The summed E-state index contributed by atoms with van der Waals surface area (Å²) in [6, 6.07) is -1.03. The van der Waals surface area contributed by atoms with E-state index in [2.05, 4.69) is 0 Å². The lowest BCUT2D eigenvalue weighted by molar-refractivity contribution is -0.142. The van der Waals surface area contributed by atoms with Crippen molar-refractivity contribution in [2.45, 2.75) is 12.5 Å². The number of carbonyl (C=O) groups excluding carboxylic acids is 1. The van der Waals surface area contributed by atoms with E-state index in [0.717, 1.165) is 0 Å². The van der Waals surface area contributed by atoms with Crippen LogP contribution in [-0.2, 0) is 19.1 Å². The number of amides is 1. The highest BCUT2D eigenvalue weighted by atomic mass is 16.5. The quantitative estimate of drug-likeness (QED) is 0.537. The van der Waals surface area contributed by atoms with Gasteiger partial charge in [0.25, 0.3) is 0 Å². The third-order valence-corrected chi connectivity index (χ3v) is 2.15. The smallest absolute Gasteiger partial charge is 0.305 e. The Morgan fingerprint density at radius 3 is 2.06 bits per heavy atom. The molecule has 7 nitrogen and oxygen atoms in total. The zero-order valence-corrected chi connectivity index (χ0v) is 10.2. The highest BCUT2D eigenvalue weighted by Gasteiger charge is 2.22. The Morgan fingerprint density at radius 2 is 1.71 bits per heavy atom. The summed E-state index contributed by atoms with van der Waals surface area (Å²) in [5.74, 6) is -1.49. The van der Waals surface area contributed by atoms with Crippen molar-refractivity contribution in [3.63, 3.8) is 0 Å². The summed E-state index contributed by atoms with van der Waals surface area (Å²) in [4.78, 5) is 23.7. The zero-order chi connectivity index (χ0) is 13.3. The highest BCUT2D eigenvalue weighted by Crippen LogP contribution is 1.98. The molecule has 7 heteroatoms. The summed E-state index contributed by atoms with van der Waals surface area (Å²) in [7, 11) is 3.05. The maximum absolute atomic E-state index is 11.8. The number of aliphatic carboxylic acids is 1. The van der Waals surface area contributed by atoms with E-state index in [1.165, 1.54) is 19.1 Å². The molecule has 0 aromatic rings. The van der Waals surface area contributed by atoms with Gasteiger partial charge >= 0.3 is 5.97 Å². The topological polar surface area (TPSA) is 102 Å². The number of nitrogens with two attached hydrogens (primary N) is 1. The zero-order valence-electron chi connectivity index (χ0n) is 10.2. The summed E-state index contributed by atoms with van der Waals surface area (Å²) in [6.07, 6.45) is -0.380. The minimum Gasteiger partial charge on any atom is -0.481 e. The van der Waals surface area contributed by atoms with Crippen molar-refractivity contribution in [1.82, 2.24) is 4.90 Å². The van der Waals surface area contributed by atoms with E-state index in [0.29, 0.717) is 26.3 Å². The van der Waals surface area contributed by atoms with E-state index < -0.39 is 17.9 Å². The van der Waals surface area contributed by atoms with Gasteiger partial charge in [-0.3, -0.25) is 9.59 Å². The molecule has 0 aromatic carbocycles. The van der Waals surface area contributed by atoms with Gasteiger partial charge in [-0.05, 0) is 0 Å². The molecule has 0 rings (SSSR count). The number of rotatable bonds is 9. The Bertz CT molecular complexity index is 239. The Kier molecular flexibility index (Phi) is 8.29. The Hall–Kier alpha value is -1.18. The van der Waals surface area contributed by atoms with Gasteiger partial charge in [-0.15, -0.1) is 0 Å². The second-order valence-electron chi connectivity index (χ2n) is 3.52. The van der Waals surface area contributed by atoms with Crippen LogP contribution in [-0.4, -0.2) is 68.4 Å². The molecule has 0 radical (unpaired) electrons. The second kappa shape index (κ2) is 8.91. The second-order valence-corrected chi connectivity index (χ2v) is 3.52. The van der Waals surface area contributed by atoms with E-state index in [1.807, 2.05) is 0 Å². The lowest BCUT2D eigenvalue weighted by atomic mass is 10.2. The molecule has 0 spiro atoms. The van der Waals surface area contributed by atoms with E-state index >= 15 is 0 Å². The average molecular weight is 248 g/mol. The normalized spacial score (nSPS) is 12.2. The molecule has 1 unspecified atom stereocenters. The largest absolute Gasteiger partial charge is 0.481 e. The van der Waals surface area contributed by atoms with Crippen LogP contribution < -0.4 is 5.73 Å². The van der Waals surface area contributed by atoms with Crippen LogP contribution in [0.3, 0.4) is 0 Å². The number of hydrogen-bond donors (Lipinski definition) is 2. The fraction of sp³-hybridized carbons (Fsp3) is 0.800. The van der Waals surface area contributed by atoms with Gasteiger partial charge in [-0.2, -0.15) is 0 Å². The van der Waals surface area contributed by atoms with Crippen LogP contribution in [0.5, 0.6) is 0 Å². The summed E-state index contributed by atoms with van der Waals surface area (Å²) in [6.45, 7) is 1.47. The van der Waals surface area contributed by atoms with Gasteiger partial charge in [0, 0.05) is 27.3 Å². The molecular weight excluding hydrogens is 228 g/mol. The molecule has 0 saturated heterocycles. The van der Waals surface area contributed by atoms with E-state index in [1.54, 1.807) is 0 Å². The van der Waals surface area contributed by atoms with E-state index in [-0.39, 0.29) is 6.42 Å². The van der Waals surface area contributed by atoms with Crippen LogP contribution in [0.1, 0.15) is 6.42 Å². The van der Waals surface area contributed by atoms with Crippen molar-refractivity contribution >= 4 is 11.9 Å². The predicted octanol–water partition coefficient (Wildman–Crippen LogP) is -1.09. The first-order valence-electron chi connectivity index (χ1n) is 5.27. The number of carbonyl (C=O) groups is 2. The van der Waals surface area contributed by atoms with Crippen molar-refractivity contribution in [3.8, 4) is 0 Å². The number of hydrogen-bond acceptors (Lipinski definition) is 5. The van der Waals surface area contributed by atoms with Crippen LogP contribution in [0.15, 0.2) is 0 Å². The summed E-state index contributed by atoms with van der Waals surface area (Å²) in [5.41, 5.74) is 5.51. The molecule has 1 amide bonds. The highest BCUT2D eigenvalue weighted by molar-refractivity contribution is 5.85. The third-order valence-electron chi connectivity index (χ3n) is 2.15. The maximum atomic E-state index is 11.8. The maximum Gasteiger partial charge on any atom is 0.305 e. The minimum absolute atomic E-state index is 0.367. The number of carboxylic acids is 1. The molecule has 0 aromatic heterocycles. The molecule has 0 aliphatic carbocycles. The fourth-order valence-corrected chi connectivity index (χ4v) is 1.25. The Morgan fingerprint density at radius 1 is 1.24 bits per heavy atom. The number of nitrogens with zero attached hydrogens (tertiary/aromatic N) is 1. The number of carboxylic acid groups (broad SMARTS) is 1. The van der Waals surface area contributed by atoms with E-state index in [9.17, 15) is 9.59 Å². The van der Waals surface area contributed by atoms with E-state index in [4.69, 9.17) is 20.3 Å². The fourth-order valence-electron chi connectivity index (χ4n) is 1.25. The summed E-state index contributed by atoms with van der Waals surface area (Å²) < 4.78 is 9.74. The Labute approximate surface area is 100 Å². The van der Waals surface area contributed by atoms with Crippen molar-refractivity contribution < 1.29 is 24.2 Å². The first-order chi connectivity index (χ1) is 8.02. The van der Waals surface area contributed by atoms with Gasteiger partial charge in [-0.25, -0.2) is 0 Å². The van der Waals surface area contributed by atoms with Gasteiger partial charge in [0.1, 0.15) is 0 Å². The minimum atomic E-state index is -1.09. The van der Waals surface area contributed by atoms with Crippen LogP contribution in [0, 0.1) is 0 Å². The standard InChI is InChI=1S/C10H20N2O5/c1-16-5-3-12(4-6-17-2)10(15)8(11)7-9(13)14/h8H,3-7,11H2,1-2H3,(H,13,14). The molecule has 3 N–H and O–H groups in total. The first kappa shape index (κ1) is 15.8. The number of ether oxygens (including phenoxy) is 2. The molecule has 0 saturated carbocycles.